The topological polar surface area (TPSA) is 72.9 Å². The number of esters is 1. The van der Waals surface area contributed by atoms with Crippen molar-refractivity contribution in [3.8, 4) is 11.8 Å². The van der Waals surface area contributed by atoms with E-state index in [1.165, 1.54) is 6.08 Å². The van der Waals surface area contributed by atoms with Gasteiger partial charge in [-0.2, -0.15) is 0 Å². The average Bonchev–Trinajstić information content (AvgIpc) is 2.60. The Hall–Kier alpha value is -3.35. The van der Waals surface area contributed by atoms with Crippen molar-refractivity contribution in [3.63, 3.8) is 0 Å². The van der Waals surface area contributed by atoms with Crippen molar-refractivity contribution in [1.82, 2.24) is 5.32 Å². The Morgan fingerprint density at radius 2 is 2.31 bits per heavy atom. The summed E-state index contributed by atoms with van der Waals surface area (Å²) in [7, 11) is 0. The smallest absolute Gasteiger partial charge is 0.342 e. The number of ether oxygens (including phenoxy) is 1. The Balaban J connectivity index is 2.11. The van der Waals surface area contributed by atoms with Crippen LogP contribution in [-0.4, -0.2) is 19.1 Å². The maximum Gasteiger partial charge on any atom is 0.342 e. The van der Waals surface area contributed by atoms with Gasteiger partial charge in [0.15, 0.2) is 0 Å². The second-order valence-electron chi connectivity index (χ2n) is 5.63. The third-order valence-electron chi connectivity index (χ3n) is 3.85. The predicted octanol–water partition coefficient (Wildman–Crippen LogP) is 2.46. The van der Waals surface area contributed by atoms with Crippen LogP contribution >= 0.6 is 0 Å². The van der Waals surface area contributed by atoms with Gasteiger partial charge in [0.2, 0.25) is 0 Å². The molecule has 1 aliphatic rings. The molecule has 2 aromatic rings. The summed E-state index contributed by atoms with van der Waals surface area (Å²) in [6.07, 6.45) is 1.96. The van der Waals surface area contributed by atoms with Gasteiger partial charge in [0.05, 0.1) is 18.7 Å². The summed E-state index contributed by atoms with van der Waals surface area (Å²) < 4.78 is 10.2. The molecule has 1 aromatic heterocycles. The SMILES string of the molecule is [C-]#[N+]/C(=C/c1cc2cc3c(cc2oc1=O)C#CCCNC3)C(=O)OCC. The summed E-state index contributed by atoms with van der Waals surface area (Å²) in [6.45, 7) is 10.4. The van der Waals surface area contributed by atoms with Crippen LogP contribution in [0.25, 0.3) is 21.9 Å². The van der Waals surface area contributed by atoms with Crippen molar-refractivity contribution >= 4 is 23.0 Å². The van der Waals surface area contributed by atoms with Crippen LogP contribution in [0.5, 0.6) is 0 Å². The number of carbonyl (C=O) groups excluding carboxylic acids is 1. The lowest BCUT2D eigenvalue weighted by atomic mass is 10.0. The standard InChI is InChI=1S/C20H16N2O4/c1-3-25-20(24)17(21-2)10-15-8-14-9-16-12-22-7-5-4-6-13(16)11-18(14)26-19(15)23/h8-11,22H,3,5,7,12H2,1H3/b17-10+. The molecule has 130 valence electrons. The number of rotatable bonds is 3. The van der Waals surface area contributed by atoms with Gasteiger partial charge in [-0.25, -0.2) is 9.64 Å². The van der Waals surface area contributed by atoms with E-state index in [1.807, 2.05) is 6.07 Å². The Kier molecular flexibility index (Phi) is 5.17. The van der Waals surface area contributed by atoms with Crippen LogP contribution in [0.3, 0.4) is 0 Å². The number of hydrogen-bond acceptors (Lipinski definition) is 5. The van der Waals surface area contributed by atoms with E-state index in [4.69, 9.17) is 15.7 Å². The maximum atomic E-state index is 12.2. The number of nitrogens with one attached hydrogen (secondary N) is 1. The second-order valence-corrected chi connectivity index (χ2v) is 5.63. The second kappa shape index (κ2) is 7.69. The van der Waals surface area contributed by atoms with Gasteiger partial charge in [-0.1, -0.05) is 11.8 Å². The van der Waals surface area contributed by atoms with Crippen LogP contribution in [0.4, 0.5) is 0 Å². The van der Waals surface area contributed by atoms with E-state index >= 15 is 0 Å². The Labute approximate surface area is 150 Å². The van der Waals surface area contributed by atoms with E-state index < -0.39 is 11.6 Å². The van der Waals surface area contributed by atoms with E-state index in [9.17, 15) is 9.59 Å². The number of benzene rings is 1. The van der Waals surface area contributed by atoms with E-state index in [-0.39, 0.29) is 17.9 Å². The zero-order chi connectivity index (χ0) is 18.5. The van der Waals surface area contributed by atoms with Gasteiger partial charge >= 0.3 is 11.6 Å². The first-order valence-electron chi connectivity index (χ1n) is 8.19. The highest BCUT2D eigenvalue weighted by Gasteiger charge is 2.14. The van der Waals surface area contributed by atoms with E-state index in [0.717, 1.165) is 24.1 Å². The van der Waals surface area contributed by atoms with Gasteiger partial charge in [0.25, 0.3) is 5.70 Å². The molecule has 0 aliphatic carbocycles. The molecule has 1 N–H and O–H groups in total. The van der Waals surface area contributed by atoms with Crippen LogP contribution < -0.4 is 10.9 Å². The van der Waals surface area contributed by atoms with E-state index in [1.54, 1.807) is 19.1 Å². The summed E-state index contributed by atoms with van der Waals surface area (Å²) in [5.74, 6) is 5.40. The number of hydrogen-bond donors (Lipinski definition) is 1. The highest BCUT2D eigenvalue weighted by atomic mass is 16.5. The molecule has 0 saturated heterocycles. The largest absolute Gasteiger partial charge is 0.471 e. The molecule has 1 aromatic carbocycles. The van der Waals surface area contributed by atoms with Crippen molar-refractivity contribution in [2.75, 3.05) is 13.2 Å². The number of fused-ring (bicyclic) bond motifs is 2. The lowest BCUT2D eigenvalue weighted by Crippen LogP contribution is -2.16. The first-order valence-corrected chi connectivity index (χ1v) is 8.19. The normalized spacial score (nSPS) is 13.6. The quantitative estimate of drug-likeness (QED) is 0.303. The molecule has 0 fully saturated rings. The zero-order valence-electron chi connectivity index (χ0n) is 14.2. The first kappa shape index (κ1) is 17.5. The molecular weight excluding hydrogens is 332 g/mol. The molecule has 26 heavy (non-hydrogen) atoms. The van der Waals surface area contributed by atoms with Crippen LogP contribution in [-0.2, 0) is 16.1 Å². The fourth-order valence-corrected chi connectivity index (χ4v) is 2.61. The molecular formula is C20H16N2O4. The molecule has 0 bridgehead atoms. The van der Waals surface area contributed by atoms with Crippen molar-refractivity contribution in [1.29, 1.82) is 0 Å². The fraction of sp³-hybridized carbons (Fsp3) is 0.250. The Morgan fingerprint density at radius 1 is 1.46 bits per heavy atom. The maximum absolute atomic E-state index is 12.2. The third kappa shape index (κ3) is 3.66. The molecule has 1 aliphatic heterocycles. The summed E-state index contributed by atoms with van der Waals surface area (Å²) in [5.41, 5.74) is 1.48. The van der Waals surface area contributed by atoms with Crippen molar-refractivity contribution in [3.05, 3.63) is 62.4 Å². The number of nitrogens with zero attached hydrogens (tertiary/aromatic N) is 1. The summed E-state index contributed by atoms with van der Waals surface area (Å²) >= 11 is 0. The van der Waals surface area contributed by atoms with Gasteiger partial charge in [-0.15, -0.1) is 0 Å². The molecule has 0 amide bonds. The molecule has 0 radical (unpaired) electrons. The lowest BCUT2D eigenvalue weighted by Gasteiger charge is -2.10. The molecule has 0 unspecified atom stereocenters. The fourth-order valence-electron chi connectivity index (χ4n) is 2.61. The lowest BCUT2D eigenvalue weighted by molar-refractivity contribution is -0.138. The minimum atomic E-state index is -0.764. The summed E-state index contributed by atoms with van der Waals surface area (Å²) in [4.78, 5) is 27.1. The molecule has 2 heterocycles. The molecule has 6 heteroatoms. The average molecular weight is 348 g/mol. The minimum Gasteiger partial charge on any atom is -0.471 e. The van der Waals surface area contributed by atoms with Crippen molar-refractivity contribution in [2.45, 2.75) is 19.9 Å². The van der Waals surface area contributed by atoms with Crippen LogP contribution in [0.1, 0.15) is 30.0 Å². The highest BCUT2D eigenvalue weighted by Crippen LogP contribution is 2.21. The molecule has 0 saturated carbocycles. The van der Waals surface area contributed by atoms with E-state index in [0.29, 0.717) is 17.5 Å². The van der Waals surface area contributed by atoms with E-state index in [2.05, 4.69) is 22.0 Å². The molecule has 3 rings (SSSR count). The number of carbonyl (C=O) groups is 1. The van der Waals surface area contributed by atoms with Crippen molar-refractivity contribution < 1.29 is 13.9 Å². The Morgan fingerprint density at radius 3 is 3.08 bits per heavy atom. The highest BCUT2D eigenvalue weighted by molar-refractivity contribution is 5.96. The Bertz CT molecular complexity index is 1060. The van der Waals surface area contributed by atoms with Gasteiger partial charge in [-0.05, 0) is 36.8 Å². The monoisotopic (exact) mass is 348 g/mol. The van der Waals surface area contributed by atoms with Crippen LogP contribution in [0, 0.1) is 18.4 Å². The van der Waals surface area contributed by atoms with Gasteiger partial charge in [-0.3, -0.25) is 4.79 Å². The van der Waals surface area contributed by atoms with Crippen LogP contribution in [0.15, 0.2) is 33.1 Å². The first-order chi connectivity index (χ1) is 12.6. The molecule has 0 spiro atoms. The molecule has 0 atom stereocenters. The summed E-state index contributed by atoms with van der Waals surface area (Å²) in [6, 6.07) is 5.26. The molecule has 6 nitrogen and oxygen atoms in total. The third-order valence-corrected chi connectivity index (χ3v) is 3.85. The predicted molar refractivity (Wildman–Crippen MR) is 96.9 cm³/mol. The van der Waals surface area contributed by atoms with Crippen molar-refractivity contribution in [2.24, 2.45) is 0 Å². The van der Waals surface area contributed by atoms with Gasteiger partial charge < -0.3 is 14.5 Å². The van der Waals surface area contributed by atoms with Gasteiger partial charge in [0, 0.05) is 30.5 Å². The minimum absolute atomic E-state index is 0.126. The zero-order valence-corrected chi connectivity index (χ0v) is 14.2. The van der Waals surface area contributed by atoms with Crippen LogP contribution in [0.2, 0.25) is 0 Å². The van der Waals surface area contributed by atoms with Gasteiger partial charge in [0.1, 0.15) is 5.58 Å². The summed E-state index contributed by atoms with van der Waals surface area (Å²) in [5, 5.41) is 4.00.